The summed E-state index contributed by atoms with van der Waals surface area (Å²) in [6.45, 7) is 6.54. The van der Waals surface area contributed by atoms with Crippen LogP contribution in [0.15, 0.2) is 23.1 Å². The molecule has 0 unspecified atom stereocenters. The molecule has 0 atom stereocenters. The van der Waals surface area contributed by atoms with Crippen LogP contribution in [0.2, 0.25) is 0 Å². The van der Waals surface area contributed by atoms with E-state index in [1.54, 1.807) is 20.8 Å². The Morgan fingerprint density at radius 2 is 1.83 bits per heavy atom. The molecule has 0 bridgehead atoms. The lowest BCUT2D eigenvalue weighted by atomic mass is 10.1. The fraction of sp³-hybridized carbons (Fsp3) is 0.455. The molecule has 0 fully saturated rings. The van der Waals surface area contributed by atoms with Crippen LogP contribution in [0.25, 0.3) is 0 Å². The Kier molecular flexibility index (Phi) is 3.78. The average molecular weight is 272 g/mol. The molecule has 1 aromatic rings. The molecule has 0 amide bonds. The number of rotatable bonds is 3. The molecule has 7 heteroatoms. The lowest BCUT2D eigenvalue weighted by molar-refractivity contribution is -0.385. The first-order valence-electron chi connectivity index (χ1n) is 5.32. The van der Waals surface area contributed by atoms with E-state index in [1.807, 2.05) is 0 Å². The van der Waals surface area contributed by atoms with E-state index in [9.17, 15) is 18.5 Å². The van der Waals surface area contributed by atoms with Gasteiger partial charge in [-0.25, -0.2) is 13.1 Å². The fourth-order valence-corrected chi connectivity index (χ4v) is 3.23. The van der Waals surface area contributed by atoms with Crippen molar-refractivity contribution in [3.05, 3.63) is 33.9 Å². The Bertz CT molecular complexity index is 573. The molecule has 0 saturated heterocycles. The normalized spacial score (nSPS) is 12.4. The highest BCUT2D eigenvalue weighted by Gasteiger charge is 2.26. The molecule has 0 heterocycles. The van der Waals surface area contributed by atoms with Crippen LogP contribution in [0.3, 0.4) is 0 Å². The quantitative estimate of drug-likeness (QED) is 0.673. The van der Waals surface area contributed by atoms with Crippen molar-refractivity contribution in [1.82, 2.24) is 4.72 Å². The summed E-state index contributed by atoms with van der Waals surface area (Å²) in [6, 6.07) is 4.00. The van der Waals surface area contributed by atoms with Gasteiger partial charge in [0, 0.05) is 17.2 Å². The maximum absolute atomic E-state index is 12.1. The Hall–Kier alpha value is -1.47. The van der Waals surface area contributed by atoms with Crippen LogP contribution in [0.5, 0.6) is 0 Å². The molecule has 0 aliphatic rings. The highest BCUT2D eigenvalue weighted by Crippen LogP contribution is 2.25. The zero-order valence-corrected chi connectivity index (χ0v) is 11.5. The summed E-state index contributed by atoms with van der Waals surface area (Å²) < 4.78 is 26.7. The Labute approximate surface area is 106 Å². The van der Waals surface area contributed by atoms with Gasteiger partial charge in [0.25, 0.3) is 5.69 Å². The average Bonchev–Trinajstić information content (AvgIpc) is 2.13. The van der Waals surface area contributed by atoms with Crippen molar-refractivity contribution in [3.8, 4) is 0 Å². The minimum Gasteiger partial charge on any atom is -0.258 e. The van der Waals surface area contributed by atoms with E-state index in [1.165, 1.54) is 25.1 Å². The number of nitrogens with one attached hydrogen (secondary N) is 1. The van der Waals surface area contributed by atoms with E-state index in [0.717, 1.165) is 0 Å². The molecule has 1 rings (SSSR count). The van der Waals surface area contributed by atoms with Gasteiger partial charge in [0.05, 0.1) is 9.82 Å². The summed E-state index contributed by atoms with van der Waals surface area (Å²) in [5.41, 5.74) is -0.707. The van der Waals surface area contributed by atoms with Gasteiger partial charge < -0.3 is 0 Å². The molecule has 0 aromatic heterocycles. The van der Waals surface area contributed by atoms with Gasteiger partial charge in [-0.1, -0.05) is 6.07 Å². The minimum atomic E-state index is -3.76. The van der Waals surface area contributed by atoms with Crippen LogP contribution in [-0.2, 0) is 10.0 Å². The first-order valence-corrected chi connectivity index (χ1v) is 6.81. The minimum absolute atomic E-state index is 0.0633. The number of nitro benzene ring substituents is 1. The second-order valence-electron chi connectivity index (χ2n) is 5.01. The van der Waals surface area contributed by atoms with Crippen LogP contribution in [0, 0.1) is 17.0 Å². The summed E-state index contributed by atoms with van der Waals surface area (Å²) in [5, 5.41) is 10.8. The van der Waals surface area contributed by atoms with Crippen molar-refractivity contribution in [2.45, 2.75) is 38.1 Å². The van der Waals surface area contributed by atoms with Gasteiger partial charge in [-0.3, -0.25) is 10.1 Å². The zero-order valence-electron chi connectivity index (χ0n) is 10.7. The first kappa shape index (κ1) is 14.6. The SMILES string of the molecule is Cc1c([N+](=O)[O-])cccc1S(=O)(=O)NC(C)(C)C. The maximum Gasteiger partial charge on any atom is 0.273 e. The smallest absolute Gasteiger partial charge is 0.258 e. The highest BCUT2D eigenvalue weighted by molar-refractivity contribution is 7.89. The molecule has 0 aliphatic carbocycles. The molecule has 18 heavy (non-hydrogen) atoms. The molecule has 100 valence electrons. The monoisotopic (exact) mass is 272 g/mol. The Morgan fingerprint density at radius 1 is 1.28 bits per heavy atom. The second kappa shape index (κ2) is 4.66. The lowest BCUT2D eigenvalue weighted by Gasteiger charge is -2.21. The van der Waals surface area contributed by atoms with Crippen molar-refractivity contribution >= 4 is 15.7 Å². The summed E-state index contributed by atoms with van der Waals surface area (Å²) >= 11 is 0. The molecular formula is C11H16N2O4S. The Balaban J connectivity index is 3.35. The van der Waals surface area contributed by atoms with Crippen LogP contribution in [0.4, 0.5) is 5.69 Å². The number of hydrogen-bond donors (Lipinski definition) is 1. The van der Waals surface area contributed by atoms with E-state index in [2.05, 4.69) is 4.72 Å². The predicted molar refractivity (Wildman–Crippen MR) is 67.9 cm³/mol. The third-order valence-electron chi connectivity index (χ3n) is 2.18. The molecule has 0 radical (unpaired) electrons. The first-order chi connectivity index (χ1) is 8.04. The van der Waals surface area contributed by atoms with Crippen molar-refractivity contribution in [2.24, 2.45) is 0 Å². The van der Waals surface area contributed by atoms with Gasteiger partial charge in [0.15, 0.2) is 0 Å². The van der Waals surface area contributed by atoms with Crippen molar-refractivity contribution in [1.29, 1.82) is 0 Å². The molecule has 1 aromatic carbocycles. The number of nitrogens with zero attached hydrogens (tertiary/aromatic N) is 1. The topological polar surface area (TPSA) is 89.3 Å². The Morgan fingerprint density at radius 3 is 2.28 bits per heavy atom. The predicted octanol–water partition coefficient (Wildman–Crippen LogP) is 1.98. The van der Waals surface area contributed by atoms with E-state index >= 15 is 0 Å². The highest BCUT2D eigenvalue weighted by atomic mass is 32.2. The van der Waals surface area contributed by atoms with Gasteiger partial charge in [0.2, 0.25) is 10.0 Å². The van der Waals surface area contributed by atoms with Gasteiger partial charge >= 0.3 is 0 Å². The third-order valence-corrected chi connectivity index (χ3v) is 4.08. The largest absolute Gasteiger partial charge is 0.273 e. The van der Waals surface area contributed by atoms with Crippen molar-refractivity contribution < 1.29 is 13.3 Å². The number of nitro groups is 1. The van der Waals surface area contributed by atoms with Crippen LogP contribution >= 0.6 is 0 Å². The standard InChI is InChI=1S/C11H16N2O4S/c1-8-9(13(14)15)6-5-7-10(8)18(16,17)12-11(2,3)4/h5-7,12H,1-4H3. The molecule has 1 N–H and O–H groups in total. The van der Waals surface area contributed by atoms with E-state index in [0.29, 0.717) is 0 Å². The second-order valence-corrected chi connectivity index (χ2v) is 6.66. The van der Waals surface area contributed by atoms with Crippen molar-refractivity contribution in [2.75, 3.05) is 0 Å². The van der Waals surface area contributed by atoms with E-state index < -0.39 is 20.5 Å². The third kappa shape index (κ3) is 3.27. The van der Waals surface area contributed by atoms with E-state index in [-0.39, 0.29) is 16.1 Å². The number of benzene rings is 1. The van der Waals surface area contributed by atoms with Crippen molar-refractivity contribution in [3.63, 3.8) is 0 Å². The number of sulfonamides is 1. The van der Waals surface area contributed by atoms with Gasteiger partial charge in [-0.2, -0.15) is 0 Å². The summed E-state index contributed by atoms with van der Waals surface area (Å²) in [7, 11) is -3.76. The van der Waals surface area contributed by atoms with Crippen LogP contribution < -0.4 is 4.72 Å². The zero-order chi connectivity index (χ0) is 14.1. The molecule has 0 saturated carbocycles. The van der Waals surface area contributed by atoms with Gasteiger partial charge in [-0.05, 0) is 33.8 Å². The summed E-state index contributed by atoms with van der Waals surface area (Å²) in [6.07, 6.45) is 0. The fourth-order valence-electron chi connectivity index (χ4n) is 1.55. The molecule has 0 aliphatic heterocycles. The summed E-state index contributed by atoms with van der Waals surface area (Å²) in [5.74, 6) is 0. The maximum atomic E-state index is 12.1. The number of hydrogen-bond acceptors (Lipinski definition) is 4. The van der Waals surface area contributed by atoms with Crippen LogP contribution in [0.1, 0.15) is 26.3 Å². The van der Waals surface area contributed by atoms with Gasteiger partial charge in [-0.15, -0.1) is 0 Å². The van der Waals surface area contributed by atoms with Crippen LogP contribution in [-0.4, -0.2) is 18.9 Å². The summed E-state index contributed by atoms with van der Waals surface area (Å²) in [4.78, 5) is 10.1. The molecule has 0 spiro atoms. The lowest BCUT2D eigenvalue weighted by Crippen LogP contribution is -2.40. The van der Waals surface area contributed by atoms with Gasteiger partial charge in [0.1, 0.15) is 0 Å². The van der Waals surface area contributed by atoms with E-state index in [4.69, 9.17) is 0 Å². The molecule has 6 nitrogen and oxygen atoms in total. The molecular weight excluding hydrogens is 256 g/mol.